The summed E-state index contributed by atoms with van der Waals surface area (Å²) in [4.78, 5) is 19.2. The molecule has 1 aliphatic heterocycles. The van der Waals surface area contributed by atoms with Crippen LogP contribution in [0, 0.1) is 17.2 Å². The lowest BCUT2D eigenvalue weighted by atomic mass is 9.90. The quantitative estimate of drug-likeness (QED) is 0.673. The van der Waals surface area contributed by atoms with Crippen molar-refractivity contribution in [1.82, 2.24) is 9.88 Å². The molecular formula is C25H24N4O. The predicted molar refractivity (Wildman–Crippen MR) is 117 cm³/mol. The first-order valence-corrected chi connectivity index (χ1v) is 10.3. The summed E-state index contributed by atoms with van der Waals surface area (Å²) in [5.74, 6) is 0.628. The molecule has 1 saturated heterocycles. The minimum Gasteiger partial charge on any atom is -0.353 e. The molecule has 1 aliphatic rings. The standard InChI is InChI=1S/C25H24N4O/c26-16-21-8-4-5-9-24(21)28-23-15-22(17-27-18-23)25(30)29-12-10-20(11-13-29)14-19-6-2-1-3-7-19/h1-9,15,17-18,20,28H,10-14H2. The Bertz CT molecular complexity index is 1050. The number of nitriles is 1. The van der Waals surface area contributed by atoms with Crippen molar-refractivity contribution in [3.8, 4) is 6.07 Å². The number of nitrogens with zero attached hydrogens (tertiary/aromatic N) is 3. The van der Waals surface area contributed by atoms with Crippen LogP contribution in [0.2, 0.25) is 0 Å². The lowest BCUT2D eigenvalue weighted by Crippen LogP contribution is -2.39. The van der Waals surface area contributed by atoms with E-state index in [-0.39, 0.29) is 5.91 Å². The maximum atomic E-state index is 13.0. The van der Waals surface area contributed by atoms with E-state index in [1.54, 1.807) is 24.5 Å². The van der Waals surface area contributed by atoms with Crippen LogP contribution in [0.5, 0.6) is 0 Å². The summed E-state index contributed by atoms with van der Waals surface area (Å²) in [6, 6.07) is 21.8. The molecule has 2 heterocycles. The van der Waals surface area contributed by atoms with E-state index in [2.05, 4.69) is 40.6 Å². The summed E-state index contributed by atoms with van der Waals surface area (Å²) in [6.45, 7) is 1.54. The fourth-order valence-corrected chi connectivity index (χ4v) is 3.94. The van der Waals surface area contributed by atoms with Gasteiger partial charge < -0.3 is 10.2 Å². The lowest BCUT2D eigenvalue weighted by molar-refractivity contribution is 0.0690. The fourth-order valence-electron chi connectivity index (χ4n) is 3.94. The first kappa shape index (κ1) is 19.7. The number of nitrogens with one attached hydrogen (secondary N) is 1. The zero-order chi connectivity index (χ0) is 20.8. The first-order valence-electron chi connectivity index (χ1n) is 10.3. The molecule has 5 nitrogen and oxygen atoms in total. The Kier molecular flexibility index (Phi) is 6.05. The van der Waals surface area contributed by atoms with E-state index in [1.807, 2.05) is 29.2 Å². The number of para-hydroxylation sites is 1. The molecule has 0 spiro atoms. The second kappa shape index (κ2) is 9.23. The normalized spacial score (nSPS) is 14.2. The predicted octanol–water partition coefficient (Wildman–Crippen LogP) is 4.79. The zero-order valence-electron chi connectivity index (χ0n) is 16.8. The van der Waals surface area contributed by atoms with E-state index in [4.69, 9.17) is 0 Å². The van der Waals surface area contributed by atoms with Gasteiger partial charge in [0.2, 0.25) is 0 Å². The van der Waals surface area contributed by atoms with Crippen molar-refractivity contribution >= 4 is 17.3 Å². The number of rotatable bonds is 5. The third kappa shape index (κ3) is 4.66. The summed E-state index contributed by atoms with van der Waals surface area (Å²) >= 11 is 0. The van der Waals surface area contributed by atoms with Gasteiger partial charge in [0.1, 0.15) is 6.07 Å². The van der Waals surface area contributed by atoms with E-state index in [0.29, 0.717) is 28.4 Å². The van der Waals surface area contributed by atoms with Gasteiger partial charge in [-0.25, -0.2) is 0 Å². The zero-order valence-corrected chi connectivity index (χ0v) is 16.8. The van der Waals surface area contributed by atoms with Gasteiger partial charge in [-0.2, -0.15) is 5.26 Å². The highest BCUT2D eigenvalue weighted by atomic mass is 16.2. The van der Waals surface area contributed by atoms with Gasteiger partial charge in [0.25, 0.3) is 5.91 Å². The minimum atomic E-state index is 0.0119. The molecule has 1 fully saturated rings. The van der Waals surface area contributed by atoms with Crippen molar-refractivity contribution in [2.75, 3.05) is 18.4 Å². The number of anilines is 2. The molecule has 4 rings (SSSR count). The number of amides is 1. The van der Waals surface area contributed by atoms with E-state index in [9.17, 15) is 10.1 Å². The first-order chi connectivity index (χ1) is 14.7. The molecule has 0 bridgehead atoms. The summed E-state index contributed by atoms with van der Waals surface area (Å²) < 4.78 is 0. The highest BCUT2D eigenvalue weighted by Gasteiger charge is 2.24. The Balaban J connectivity index is 1.38. The van der Waals surface area contributed by atoms with Gasteiger partial charge in [-0.05, 0) is 48.9 Å². The number of aromatic nitrogens is 1. The molecule has 5 heteroatoms. The van der Waals surface area contributed by atoms with Crippen LogP contribution in [0.25, 0.3) is 0 Å². The van der Waals surface area contributed by atoms with Crippen LogP contribution in [0.3, 0.4) is 0 Å². The number of hydrogen-bond acceptors (Lipinski definition) is 4. The maximum absolute atomic E-state index is 13.0. The van der Waals surface area contributed by atoms with Gasteiger partial charge in [0.15, 0.2) is 0 Å². The molecule has 0 saturated carbocycles. The Morgan fingerprint density at radius 1 is 1.07 bits per heavy atom. The molecule has 1 aromatic heterocycles. The molecular weight excluding hydrogens is 372 g/mol. The third-order valence-electron chi connectivity index (χ3n) is 5.58. The number of likely N-dealkylation sites (tertiary alicyclic amines) is 1. The molecule has 1 amide bonds. The number of carbonyl (C=O) groups excluding carboxylic acids is 1. The molecule has 0 aliphatic carbocycles. The van der Waals surface area contributed by atoms with Gasteiger partial charge in [-0.1, -0.05) is 42.5 Å². The van der Waals surface area contributed by atoms with Crippen LogP contribution < -0.4 is 5.32 Å². The van der Waals surface area contributed by atoms with Crippen LogP contribution >= 0.6 is 0 Å². The number of benzene rings is 2. The molecule has 150 valence electrons. The van der Waals surface area contributed by atoms with E-state index in [0.717, 1.165) is 32.4 Å². The topological polar surface area (TPSA) is 69.0 Å². The second-order valence-corrected chi connectivity index (χ2v) is 7.67. The number of carbonyl (C=O) groups is 1. The smallest absolute Gasteiger partial charge is 0.255 e. The summed E-state index contributed by atoms with van der Waals surface area (Å²) in [5.41, 5.74) is 3.88. The highest BCUT2D eigenvalue weighted by Crippen LogP contribution is 2.24. The Morgan fingerprint density at radius 2 is 1.80 bits per heavy atom. The number of pyridine rings is 1. The van der Waals surface area contributed by atoms with Crippen molar-refractivity contribution in [3.63, 3.8) is 0 Å². The average molecular weight is 396 g/mol. The van der Waals surface area contributed by atoms with Crippen molar-refractivity contribution in [2.45, 2.75) is 19.3 Å². The Morgan fingerprint density at radius 3 is 2.57 bits per heavy atom. The minimum absolute atomic E-state index is 0.0119. The van der Waals surface area contributed by atoms with Crippen molar-refractivity contribution < 1.29 is 4.79 Å². The van der Waals surface area contributed by atoms with Gasteiger partial charge in [-0.3, -0.25) is 9.78 Å². The fraction of sp³-hybridized carbons (Fsp3) is 0.240. The number of hydrogen-bond donors (Lipinski definition) is 1. The highest BCUT2D eigenvalue weighted by molar-refractivity contribution is 5.95. The molecule has 30 heavy (non-hydrogen) atoms. The van der Waals surface area contributed by atoms with Crippen LogP contribution in [-0.4, -0.2) is 28.9 Å². The maximum Gasteiger partial charge on any atom is 0.255 e. The largest absolute Gasteiger partial charge is 0.353 e. The third-order valence-corrected chi connectivity index (χ3v) is 5.58. The van der Waals surface area contributed by atoms with Gasteiger partial charge in [0, 0.05) is 19.3 Å². The van der Waals surface area contributed by atoms with Gasteiger partial charge in [0.05, 0.1) is 28.7 Å². The van der Waals surface area contributed by atoms with Crippen molar-refractivity contribution in [1.29, 1.82) is 5.26 Å². The summed E-state index contributed by atoms with van der Waals surface area (Å²) in [7, 11) is 0. The summed E-state index contributed by atoms with van der Waals surface area (Å²) in [5, 5.41) is 12.5. The lowest BCUT2D eigenvalue weighted by Gasteiger charge is -2.32. The Hall–Kier alpha value is -3.65. The van der Waals surface area contributed by atoms with Crippen LogP contribution in [0.1, 0.15) is 34.3 Å². The van der Waals surface area contributed by atoms with Crippen LogP contribution in [0.4, 0.5) is 11.4 Å². The van der Waals surface area contributed by atoms with E-state index >= 15 is 0 Å². The SMILES string of the molecule is N#Cc1ccccc1Nc1cncc(C(=O)N2CCC(Cc3ccccc3)CC2)c1. The van der Waals surface area contributed by atoms with E-state index in [1.165, 1.54) is 5.56 Å². The molecule has 0 unspecified atom stereocenters. The van der Waals surface area contributed by atoms with Crippen molar-refractivity contribution in [3.05, 3.63) is 89.7 Å². The molecule has 3 aromatic rings. The summed E-state index contributed by atoms with van der Waals surface area (Å²) in [6.07, 6.45) is 6.38. The van der Waals surface area contributed by atoms with E-state index < -0.39 is 0 Å². The van der Waals surface area contributed by atoms with Crippen molar-refractivity contribution in [2.24, 2.45) is 5.92 Å². The second-order valence-electron chi connectivity index (χ2n) is 7.67. The molecule has 1 N–H and O–H groups in total. The van der Waals surface area contributed by atoms with Crippen LogP contribution in [-0.2, 0) is 6.42 Å². The molecule has 0 radical (unpaired) electrons. The monoisotopic (exact) mass is 396 g/mol. The number of piperidine rings is 1. The molecule has 2 aromatic carbocycles. The van der Waals surface area contributed by atoms with Gasteiger partial charge >= 0.3 is 0 Å². The van der Waals surface area contributed by atoms with Crippen LogP contribution in [0.15, 0.2) is 73.1 Å². The molecule has 0 atom stereocenters. The Labute approximate surface area is 177 Å². The average Bonchev–Trinajstić information content (AvgIpc) is 2.80. The van der Waals surface area contributed by atoms with Gasteiger partial charge in [-0.15, -0.1) is 0 Å².